The van der Waals surface area contributed by atoms with Gasteiger partial charge >= 0.3 is 5.97 Å². The monoisotopic (exact) mass is 270 g/mol. The minimum absolute atomic E-state index is 0.152. The summed E-state index contributed by atoms with van der Waals surface area (Å²) >= 11 is 0. The van der Waals surface area contributed by atoms with Crippen LogP contribution in [0.5, 0.6) is 5.75 Å². The second kappa shape index (κ2) is 5.87. The van der Waals surface area contributed by atoms with Crippen LogP contribution in [0.25, 0.3) is 0 Å². The van der Waals surface area contributed by atoms with E-state index in [0.29, 0.717) is 24.2 Å². The Hall–Kier alpha value is -2.16. The van der Waals surface area contributed by atoms with Crippen LogP contribution in [0.3, 0.4) is 0 Å². The highest BCUT2D eigenvalue weighted by Crippen LogP contribution is 2.41. The zero-order valence-corrected chi connectivity index (χ0v) is 11.8. The number of hydrogen-bond acceptors (Lipinski definition) is 3. The van der Waals surface area contributed by atoms with Gasteiger partial charge in [-0.2, -0.15) is 0 Å². The summed E-state index contributed by atoms with van der Waals surface area (Å²) in [6, 6.07) is 6.90. The van der Waals surface area contributed by atoms with Crippen LogP contribution < -0.4 is 4.74 Å². The van der Waals surface area contributed by atoms with Crippen molar-refractivity contribution >= 4 is 11.8 Å². The molecule has 2 rings (SSSR count). The van der Waals surface area contributed by atoms with Crippen molar-refractivity contribution in [2.45, 2.75) is 26.7 Å². The molecule has 0 saturated heterocycles. The molecule has 3 heteroatoms. The third-order valence-corrected chi connectivity index (χ3v) is 3.56. The van der Waals surface area contributed by atoms with Gasteiger partial charge in [0.1, 0.15) is 11.2 Å². The average Bonchev–Trinajstić information content (AvgIpc) is 2.47. The first-order valence-electron chi connectivity index (χ1n) is 6.74. The Labute approximate surface area is 118 Å². The fourth-order valence-electron chi connectivity index (χ4n) is 2.36. The van der Waals surface area contributed by atoms with Crippen LogP contribution in [0, 0.1) is 5.41 Å². The first-order valence-corrected chi connectivity index (χ1v) is 6.74. The largest absolute Gasteiger partial charge is 0.425 e. The Morgan fingerprint density at radius 2 is 1.65 bits per heavy atom. The van der Waals surface area contributed by atoms with Gasteiger partial charge in [0, 0.05) is 0 Å². The molecule has 0 saturated carbocycles. The molecule has 0 N–H and O–H groups in total. The Kier molecular flexibility index (Phi) is 4.18. The lowest BCUT2D eigenvalue weighted by atomic mass is 9.73. The zero-order valence-electron chi connectivity index (χ0n) is 11.8. The lowest BCUT2D eigenvalue weighted by Gasteiger charge is -2.32. The topological polar surface area (TPSA) is 43.4 Å². The lowest BCUT2D eigenvalue weighted by Crippen LogP contribution is -2.45. The van der Waals surface area contributed by atoms with Gasteiger partial charge in [-0.15, -0.1) is 0 Å². The summed E-state index contributed by atoms with van der Waals surface area (Å²) in [6.07, 6.45) is 8.10. The van der Waals surface area contributed by atoms with Crippen molar-refractivity contribution in [2.24, 2.45) is 5.41 Å². The molecule has 0 atom stereocenters. The molecule has 3 nitrogen and oxygen atoms in total. The molecular weight excluding hydrogens is 252 g/mol. The van der Waals surface area contributed by atoms with Gasteiger partial charge in [0.25, 0.3) is 0 Å². The van der Waals surface area contributed by atoms with E-state index in [9.17, 15) is 9.59 Å². The number of hydrogen-bond donors (Lipinski definition) is 0. The van der Waals surface area contributed by atoms with Crippen molar-refractivity contribution in [1.82, 2.24) is 0 Å². The molecule has 1 aliphatic heterocycles. The van der Waals surface area contributed by atoms with E-state index in [0.717, 1.165) is 0 Å². The minimum atomic E-state index is -1.13. The second-order valence-electron chi connectivity index (χ2n) is 4.84. The standard InChI is InChI=1S/C17H18O3/c1-3-5-11-17(12-6-4-2)15(18)13-9-7-8-10-14(13)20-16(17)19/h3-10H,11-12H2,1-2H3. The summed E-state index contributed by atoms with van der Waals surface area (Å²) in [5.41, 5.74) is -0.644. The van der Waals surface area contributed by atoms with Crippen LogP contribution in [0.4, 0.5) is 0 Å². The molecule has 0 spiro atoms. The highest BCUT2D eigenvalue weighted by atomic mass is 16.5. The van der Waals surface area contributed by atoms with E-state index < -0.39 is 11.4 Å². The molecule has 1 heterocycles. The Morgan fingerprint density at radius 1 is 1.05 bits per heavy atom. The average molecular weight is 270 g/mol. The van der Waals surface area contributed by atoms with Gasteiger partial charge < -0.3 is 4.74 Å². The van der Waals surface area contributed by atoms with Crippen molar-refractivity contribution in [3.8, 4) is 5.75 Å². The van der Waals surface area contributed by atoms with Crippen LogP contribution in [0.1, 0.15) is 37.0 Å². The number of Topliss-reactive ketones (excluding diaryl/α,β-unsaturated/α-hetero) is 1. The van der Waals surface area contributed by atoms with Crippen LogP contribution in [-0.4, -0.2) is 11.8 Å². The molecular formula is C17H18O3. The van der Waals surface area contributed by atoms with Gasteiger partial charge in [-0.3, -0.25) is 9.59 Å². The van der Waals surface area contributed by atoms with Gasteiger partial charge in [0.05, 0.1) is 5.56 Å². The number of ketones is 1. The predicted octanol–water partition coefficient (Wildman–Crippen LogP) is 3.71. The Balaban J connectivity index is 2.50. The van der Waals surface area contributed by atoms with E-state index in [2.05, 4.69) is 0 Å². The lowest BCUT2D eigenvalue weighted by molar-refractivity contribution is -0.143. The van der Waals surface area contributed by atoms with Gasteiger partial charge in [-0.25, -0.2) is 0 Å². The predicted molar refractivity (Wildman–Crippen MR) is 77.7 cm³/mol. The summed E-state index contributed by atoms with van der Waals surface area (Å²) in [5, 5.41) is 0. The quantitative estimate of drug-likeness (QED) is 0.362. The maximum atomic E-state index is 12.8. The van der Waals surface area contributed by atoms with E-state index in [1.807, 2.05) is 38.2 Å². The number of esters is 1. The summed E-state index contributed by atoms with van der Waals surface area (Å²) < 4.78 is 5.38. The van der Waals surface area contributed by atoms with Crippen molar-refractivity contribution in [3.05, 3.63) is 54.1 Å². The summed E-state index contributed by atoms with van der Waals surface area (Å²) in [7, 11) is 0. The maximum absolute atomic E-state index is 12.8. The molecule has 1 aromatic rings. The van der Waals surface area contributed by atoms with Gasteiger partial charge in [0.2, 0.25) is 0 Å². The molecule has 0 aliphatic carbocycles. The first kappa shape index (κ1) is 14.3. The summed E-state index contributed by atoms with van der Waals surface area (Å²) in [5.74, 6) is -0.253. The fourth-order valence-corrected chi connectivity index (χ4v) is 2.36. The Morgan fingerprint density at radius 3 is 2.25 bits per heavy atom. The van der Waals surface area contributed by atoms with E-state index in [-0.39, 0.29) is 5.78 Å². The second-order valence-corrected chi connectivity index (χ2v) is 4.84. The molecule has 0 amide bonds. The van der Waals surface area contributed by atoms with Crippen molar-refractivity contribution < 1.29 is 14.3 Å². The molecule has 20 heavy (non-hydrogen) atoms. The Bertz CT molecular complexity index is 568. The van der Waals surface area contributed by atoms with E-state index in [1.165, 1.54) is 0 Å². The number of para-hydroxylation sites is 1. The van der Waals surface area contributed by atoms with Gasteiger partial charge in [-0.05, 0) is 38.8 Å². The molecule has 1 aliphatic rings. The molecule has 0 bridgehead atoms. The highest BCUT2D eigenvalue weighted by Gasteiger charge is 2.49. The smallest absolute Gasteiger partial charge is 0.326 e. The molecule has 0 unspecified atom stereocenters. The number of rotatable bonds is 4. The number of fused-ring (bicyclic) bond motifs is 1. The SMILES string of the molecule is CC=CCC1(CC=CC)C(=O)Oc2ccccc2C1=O. The third-order valence-electron chi connectivity index (χ3n) is 3.56. The molecule has 1 aromatic carbocycles. The fraction of sp³-hybridized carbons (Fsp3) is 0.294. The number of benzene rings is 1. The van der Waals surface area contributed by atoms with Crippen LogP contribution in [0.2, 0.25) is 0 Å². The number of ether oxygens (including phenoxy) is 1. The van der Waals surface area contributed by atoms with Gasteiger partial charge in [-0.1, -0.05) is 36.4 Å². The maximum Gasteiger partial charge on any atom is 0.326 e. The molecule has 0 radical (unpaired) electrons. The van der Waals surface area contributed by atoms with E-state index in [4.69, 9.17) is 4.74 Å². The first-order chi connectivity index (χ1) is 9.65. The van der Waals surface area contributed by atoms with Crippen molar-refractivity contribution in [2.75, 3.05) is 0 Å². The minimum Gasteiger partial charge on any atom is -0.425 e. The summed E-state index contributed by atoms with van der Waals surface area (Å²) in [6.45, 7) is 3.74. The van der Waals surface area contributed by atoms with Crippen LogP contribution in [0.15, 0.2) is 48.6 Å². The molecule has 0 fully saturated rings. The third kappa shape index (κ3) is 2.31. The zero-order chi connectivity index (χ0) is 14.6. The van der Waals surface area contributed by atoms with Crippen molar-refractivity contribution in [1.29, 1.82) is 0 Å². The number of carbonyl (C=O) groups excluding carboxylic acids is 2. The normalized spacial score (nSPS) is 22.3. The van der Waals surface area contributed by atoms with E-state index in [1.54, 1.807) is 24.3 Å². The van der Waals surface area contributed by atoms with Gasteiger partial charge in [0.15, 0.2) is 5.78 Å². The van der Waals surface area contributed by atoms with Crippen LogP contribution >= 0.6 is 0 Å². The summed E-state index contributed by atoms with van der Waals surface area (Å²) in [4.78, 5) is 25.2. The number of carbonyl (C=O) groups is 2. The number of allylic oxidation sites excluding steroid dienone is 4. The van der Waals surface area contributed by atoms with Crippen molar-refractivity contribution in [3.63, 3.8) is 0 Å². The highest BCUT2D eigenvalue weighted by molar-refractivity contribution is 6.17. The molecule has 0 aromatic heterocycles. The van der Waals surface area contributed by atoms with Crippen LogP contribution in [-0.2, 0) is 4.79 Å². The molecule has 104 valence electrons. The van der Waals surface area contributed by atoms with E-state index >= 15 is 0 Å².